The van der Waals surface area contributed by atoms with Crippen LogP contribution >= 0.6 is 0 Å². The van der Waals surface area contributed by atoms with Gasteiger partial charge in [-0.15, -0.1) is 0 Å². The Morgan fingerprint density at radius 1 is 1.08 bits per heavy atom. The molecular weight excluding hydrogens is 316 g/mol. The standard InChI is InChI=1S/C20H22N2O3/c1-13-3-2-4-14(9-13)11-21-20(23)22-12-17-16-6-8-24-18(16)10-15-5-7-25-19(15)17/h2-4,9-10H,5-8,11-12H2,1H3,(H2,21,22,23). The van der Waals surface area contributed by atoms with Gasteiger partial charge in [0.15, 0.2) is 0 Å². The Morgan fingerprint density at radius 3 is 2.80 bits per heavy atom. The predicted octanol–water partition coefficient (Wildman–Crippen LogP) is 2.86. The molecule has 0 fully saturated rings. The molecule has 0 aliphatic carbocycles. The number of carbonyl (C=O) groups is 1. The Morgan fingerprint density at radius 2 is 1.92 bits per heavy atom. The van der Waals surface area contributed by atoms with Crippen LogP contribution in [0.2, 0.25) is 0 Å². The lowest BCUT2D eigenvalue weighted by Gasteiger charge is -2.14. The second kappa shape index (κ2) is 6.67. The van der Waals surface area contributed by atoms with Gasteiger partial charge in [-0.2, -0.15) is 0 Å². The first-order valence-electron chi connectivity index (χ1n) is 8.71. The SMILES string of the molecule is Cc1cccc(CNC(=O)NCc2c3c(cc4c2OCC4)OCC3)c1. The molecule has 25 heavy (non-hydrogen) atoms. The molecule has 2 heterocycles. The van der Waals surface area contributed by atoms with Crippen molar-refractivity contribution in [2.75, 3.05) is 13.2 Å². The minimum Gasteiger partial charge on any atom is -0.493 e. The summed E-state index contributed by atoms with van der Waals surface area (Å²) in [5.41, 5.74) is 5.69. The number of benzene rings is 2. The molecule has 2 aromatic rings. The zero-order chi connectivity index (χ0) is 17.2. The first-order chi connectivity index (χ1) is 12.2. The van der Waals surface area contributed by atoms with Crippen LogP contribution in [0.4, 0.5) is 4.79 Å². The number of amides is 2. The van der Waals surface area contributed by atoms with Crippen molar-refractivity contribution in [3.63, 3.8) is 0 Å². The highest BCUT2D eigenvalue weighted by molar-refractivity contribution is 5.74. The summed E-state index contributed by atoms with van der Waals surface area (Å²) >= 11 is 0. The average Bonchev–Trinajstić information content (AvgIpc) is 3.25. The number of rotatable bonds is 4. The first-order valence-corrected chi connectivity index (χ1v) is 8.71. The van der Waals surface area contributed by atoms with E-state index in [1.165, 1.54) is 16.7 Å². The highest BCUT2D eigenvalue weighted by Crippen LogP contribution is 2.40. The second-order valence-corrected chi connectivity index (χ2v) is 6.54. The van der Waals surface area contributed by atoms with Crippen molar-refractivity contribution in [3.05, 3.63) is 58.1 Å². The Bertz CT molecular complexity index is 785. The summed E-state index contributed by atoms with van der Waals surface area (Å²) in [6.07, 6.45) is 1.77. The van der Waals surface area contributed by atoms with Gasteiger partial charge in [-0.25, -0.2) is 4.79 Å². The fraction of sp³-hybridized carbons (Fsp3) is 0.350. The lowest BCUT2D eigenvalue weighted by Crippen LogP contribution is -2.34. The van der Waals surface area contributed by atoms with Crippen molar-refractivity contribution in [1.82, 2.24) is 10.6 Å². The normalized spacial score (nSPS) is 14.3. The summed E-state index contributed by atoms with van der Waals surface area (Å²) in [6, 6.07) is 10.0. The molecule has 0 saturated heterocycles. The molecule has 5 nitrogen and oxygen atoms in total. The van der Waals surface area contributed by atoms with E-state index in [4.69, 9.17) is 9.47 Å². The van der Waals surface area contributed by atoms with Gasteiger partial charge in [-0.3, -0.25) is 0 Å². The van der Waals surface area contributed by atoms with Gasteiger partial charge in [0.2, 0.25) is 0 Å². The molecule has 0 spiro atoms. The van der Waals surface area contributed by atoms with Crippen LogP contribution in [0.25, 0.3) is 0 Å². The first kappa shape index (κ1) is 15.8. The average molecular weight is 338 g/mol. The minimum atomic E-state index is -0.176. The van der Waals surface area contributed by atoms with E-state index in [-0.39, 0.29) is 6.03 Å². The Balaban J connectivity index is 1.41. The van der Waals surface area contributed by atoms with E-state index in [1.807, 2.05) is 25.1 Å². The van der Waals surface area contributed by atoms with E-state index in [1.54, 1.807) is 0 Å². The van der Waals surface area contributed by atoms with Crippen molar-refractivity contribution < 1.29 is 14.3 Å². The molecule has 2 aliphatic rings. The summed E-state index contributed by atoms with van der Waals surface area (Å²) in [5.74, 6) is 1.88. The third-order valence-corrected chi connectivity index (χ3v) is 4.72. The molecule has 2 aliphatic heterocycles. The molecule has 0 atom stereocenters. The summed E-state index contributed by atoms with van der Waals surface area (Å²) in [4.78, 5) is 12.2. The predicted molar refractivity (Wildman–Crippen MR) is 95.1 cm³/mol. The van der Waals surface area contributed by atoms with Gasteiger partial charge in [0.1, 0.15) is 11.5 Å². The van der Waals surface area contributed by atoms with E-state index >= 15 is 0 Å². The topological polar surface area (TPSA) is 59.6 Å². The molecule has 130 valence electrons. The molecule has 5 heteroatoms. The van der Waals surface area contributed by atoms with Crippen LogP contribution in [0.5, 0.6) is 11.5 Å². The molecule has 0 radical (unpaired) electrons. The van der Waals surface area contributed by atoms with Crippen LogP contribution in [-0.2, 0) is 25.9 Å². The molecule has 2 N–H and O–H groups in total. The maximum absolute atomic E-state index is 12.2. The largest absolute Gasteiger partial charge is 0.493 e. The van der Waals surface area contributed by atoms with Crippen molar-refractivity contribution in [2.45, 2.75) is 32.9 Å². The highest BCUT2D eigenvalue weighted by Gasteiger charge is 2.26. The number of ether oxygens (including phenoxy) is 2. The number of nitrogens with one attached hydrogen (secondary N) is 2. The number of aryl methyl sites for hydroxylation is 1. The maximum Gasteiger partial charge on any atom is 0.315 e. The van der Waals surface area contributed by atoms with Crippen LogP contribution in [0.15, 0.2) is 30.3 Å². The minimum absolute atomic E-state index is 0.176. The van der Waals surface area contributed by atoms with Crippen LogP contribution in [0.3, 0.4) is 0 Å². The van der Waals surface area contributed by atoms with Crippen molar-refractivity contribution in [2.24, 2.45) is 0 Å². The molecule has 0 aromatic heterocycles. The molecule has 2 aromatic carbocycles. The van der Waals surface area contributed by atoms with Gasteiger partial charge in [0.05, 0.1) is 13.2 Å². The monoisotopic (exact) mass is 338 g/mol. The van der Waals surface area contributed by atoms with Gasteiger partial charge in [-0.1, -0.05) is 29.8 Å². The lowest BCUT2D eigenvalue weighted by molar-refractivity contribution is 0.240. The number of urea groups is 1. The van der Waals surface area contributed by atoms with Crippen LogP contribution in [0, 0.1) is 6.92 Å². The maximum atomic E-state index is 12.2. The van der Waals surface area contributed by atoms with Crippen molar-refractivity contribution in [1.29, 1.82) is 0 Å². The molecule has 0 unspecified atom stereocenters. The number of carbonyl (C=O) groups excluding carboxylic acids is 1. The third-order valence-electron chi connectivity index (χ3n) is 4.72. The van der Waals surface area contributed by atoms with E-state index < -0.39 is 0 Å². The summed E-state index contributed by atoms with van der Waals surface area (Å²) in [6.45, 7) is 4.41. The van der Waals surface area contributed by atoms with Crippen LogP contribution in [-0.4, -0.2) is 19.2 Å². The van der Waals surface area contributed by atoms with Gasteiger partial charge >= 0.3 is 6.03 Å². The summed E-state index contributed by atoms with van der Waals surface area (Å²) in [7, 11) is 0. The number of hydrogen-bond donors (Lipinski definition) is 2. The van der Waals surface area contributed by atoms with E-state index in [0.717, 1.165) is 35.5 Å². The zero-order valence-electron chi connectivity index (χ0n) is 14.4. The fourth-order valence-electron chi connectivity index (χ4n) is 3.51. The molecular formula is C20H22N2O3. The van der Waals surface area contributed by atoms with Crippen LogP contribution in [0.1, 0.15) is 27.8 Å². The molecule has 2 amide bonds. The zero-order valence-corrected chi connectivity index (χ0v) is 14.4. The van der Waals surface area contributed by atoms with E-state index in [9.17, 15) is 4.79 Å². The quantitative estimate of drug-likeness (QED) is 0.901. The number of hydrogen-bond acceptors (Lipinski definition) is 3. The van der Waals surface area contributed by atoms with E-state index in [2.05, 4.69) is 22.8 Å². The second-order valence-electron chi connectivity index (χ2n) is 6.54. The Hall–Kier alpha value is -2.69. The van der Waals surface area contributed by atoms with E-state index in [0.29, 0.717) is 26.3 Å². The fourth-order valence-corrected chi connectivity index (χ4v) is 3.51. The van der Waals surface area contributed by atoms with Gasteiger partial charge in [0.25, 0.3) is 0 Å². The van der Waals surface area contributed by atoms with Gasteiger partial charge in [0, 0.05) is 42.6 Å². The molecule has 0 saturated carbocycles. The summed E-state index contributed by atoms with van der Waals surface area (Å²) in [5, 5.41) is 5.87. The lowest BCUT2D eigenvalue weighted by atomic mass is 9.99. The Kier molecular flexibility index (Phi) is 4.22. The van der Waals surface area contributed by atoms with Crippen LogP contribution < -0.4 is 20.1 Å². The van der Waals surface area contributed by atoms with Gasteiger partial charge in [-0.05, 0) is 18.6 Å². The Labute approximate surface area is 147 Å². The highest BCUT2D eigenvalue weighted by atomic mass is 16.5. The molecule has 0 bridgehead atoms. The smallest absolute Gasteiger partial charge is 0.315 e. The van der Waals surface area contributed by atoms with Crippen molar-refractivity contribution in [3.8, 4) is 11.5 Å². The summed E-state index contributed by atoms with van der Waals surface area (Å²) < 4.78 is 11.5. The van der Waals surface area contributed by atoms with Gasteiger partial charge < -0.3 is 20.1 Å². The van der Waals surface area contributed by atoms with Crippen molar-refractivity contribution >= 4 is 6.03 Å². The molecule has 4 rings (SSSR count). The third kappa shape index (κ3) is 3.27. The number of fused-ring (bicyclic) bond motifs is 2.